The number of pyridine rings is 1. The first-order chi connectivity index (χ1) is 12.2. The predicted octanol–water partition coefficient (Wildman–Crippen LogP) is 3.00. The van der Waals surface area contributed by atoms with E-state index >= 15 is 0 Å². The van der Waals surface area contributed by atoms with Crippen LogP contribution in [0.3, 0.4) is 0 Å². The molecule has 0 unspecified atom stereocenters. The number of hydrogen-bond donors (Lipinski definition) is 0. The van der Waals surface area contributed by atoms with Gasteiger partial charge in [0.15, 0.2) is 0 Å². The van der Waals surface area contributed by atoms with Crippen molar-refractivity contribution in [1.82, 2.24) is 9.88 Å². The number of hydrogen-bond acceptors (Lipinski definition) is 5. The van der Waals surface area contributed by atoms with E-state index < -0.39 is 0 Å². The molecule has 0 N–H and O–H groups in total. The molecular weight excluding hydrogens is 320 g/mol. The molecular formula is C19H24N2O4. The largest absolute Gasteiger partial charge is 0.439 e. The van der Waals surface area contributed by atoms with Crippen LogP contribution < -0.4 is 4.74 Å². The molecule has 0 aliphatic carbocycles. The standard InChI is InChI=1S/C19H24N2O4/c1-23-13-6-11-21(12-14-24-2)19(22)16-9-10-20-18(15-16)25-17-7-4-3-5-8-17/h3-5,7-10,15H,6,11-14H2,1-2H3. The fourth-order valence-electron chi connectivity index (χ4n) is 2.31. The molecule has 0 saturated carbocycles. The van der Waals surface area contributed by atoms with Gasteiger partial charge in [-0.2, -0.15) is 0 Å². The van der Waals surface area contributed by atoms with E-state index in [0.717, 1.165) is 6.42 Å². The first-order valence-electron chi connectivity index (χ1n) is 8.20. The summed E-state index contributed by atoms with van der Waals surface area (Å²) in [5.41, 5.74) is 0.537. The van der Waals surface area contributed by atoms with Gasteiger partial charge in [-0.15, -0.1) is 0 Å². The number of methoxy groups -OCH3 is 2. The van der Waals surface area contributed by atoms with E-state index in [0.29, 0.717) is 43.5 Å². The summed E-state index contributed by atoms with van der Waals surface area (Å²) in [6, 6.07) is 12.7. The third-order valence-electron chi connectivity index (χ3n) is 3.58. The Morgan fingerprint density at radius 1 is 1.04 bits per heavy atom. The Morgan fingerprint density at radius 2 is 1.80 bits per heavy atom. The molecule has 1 heterocycles. The molecule has 1 amide bonds. The highest BCUT2D eigenvalue weighted by Gasteiger charge is 2.16. The number of rotatable bonds is 10. The topological polar surface area (TPSA) is 60.9 Å². The number of nitrogens with zero attached hydrogens (tertiary/aromatic N) is 2. The highest BCUT2D eigenvalue weighted by atomic mass is 16.5. The van der Waals surface area contributed by atoms with Gasteiger partial charge in [-0.05, 0) is 24.6 Å². The zero-order chi connectivity index (χ0) is 17.9. The lowest BCUT2D eigenvalue weighted by Crippen LogP contribution is -2.35. The van der Waals surface area contributed by atoms with Gasteiger partial charge in [0.05, 0.1) is 6.61 Å². The first kappa shape index (κ1) is 18.9. The molecule has 2 rings (SSSR count). The van der Waals surface area contributed by atoms with Gasteiger partial charge in [-0.25, -0.2) is 4.98 Å². The monoisotopic (exact) mass is 344 g/mol. The van der Waals surface area contributed by atoms with Crippen LogP contribution in [-0.4, -0.2) is 56.3 Å². The molecule has 0 atom stereocenters. The van der Waals surface area contributed by atoms with Crippen LogP contribution in [0.5, 0.6) is 11.6 Å². The Morgan fingerprint density at radius 3 is 2.52 bits per heavy atom. The van der Waals surface area contributed by atoms with E-state index in [9.17, 15) is 4.79 Å². The fourth-order valence-corrected chi connectivity index (χ4v) is 2.31. The van der Waals surface area contributed by atoms with Crippen molar-refractivity contribution in [2.75, 3.05) is 40.5 Å². The number of aromatic nitrogens is 1. The molecule has 0 aliphatic rings. The third kappa shape index (κ3) is 6.17. The second-order valence-corrected chi connectivity index (χ2v) is 5.43. The van der Waals surface area contributed by atoms with Crippen molar-refractivity contribution in [3.63, 3.8) is 0 Å². The summed E-state index contributed by atoms with van der Waals surface area (Å²) in [6.45, 7) is 2.22. The molecule has 0 radical (unpaired) electrons. The Bertz CT molecular complexity index is 649. The summed E-state index contributed by atoms with van der Waals surface area (Å²) in [7, 11) is 3.27. The number of benzene rings is 1. The summed E-state index contributed by atoms with van der Waals surface area (Å²) in [5, 5.41) is 0. The van der Waals surface area contributed by atoms with E-state index in [1.54, 1.807) is 37.4 Å². The number of carbonyl (C=O) groups is 1. The minimum absolute atomic E-state index is 0.0755. The second-order valence-electron chi connectivity index (χ2n) is 5.43. The van der Waals surface area contributed by atoms with Crippen LogP contribution in [0, 0.1) is 0 Å². The molecule has 6 heteroatoms. The van der Waals surface area contributed by atoms with Gasteiger partial charge in [0.1, 0.15) is 5.75 Å². The Hall–Kier alpha value is -2.44. The lowest BCUT2D eigenvalue weighted by atomic mass is 10.2. The summed E-state index contributed by atoms with van der Waals surface area (Å²) in [5.74, 6) is 0.991. The number of para-hydroxylation sites is 1. The number of amides is 1. The average molecular weight is 344 g/mol. The molecule has 0 spiro atoms. The second kappa shape index (κ2) is 10.4. The SMILES string of the molecule is COCCCN(CCOC)C(=O)c1ccnc(Oc2ccccc2)c1. The third-order valence-corrected chi connectivity index (χ3v) is 3.58. The van der Waals surface area contributed by atoms with Crippen molar-refractivity contribution in [2.45, 2.75) is 6.42 Å². The maximum Gasteiger partial charge on any atom is 0.254 e. The average Bonchev–Trinajstić information content (AvgIpc) is 2.65. The quantitative estimate of drug-likeness (QED) is 0.620. The smallest absolute Gasteiger partial charge is 0.254 e. The van der Waals surface area contributed by atoms with Crippen molar-refractivity contribution >= 4 is 5.91 Å². The van der Waals surface area contributed by atoms with E-state index in [-0.39, 0.29) is 5.91 Å². The first-order valence-corrected chi connectivity index (χ1v) is 8.20. The Balaban J connectivity index is 2.08. The van der Waals surface area contributed by atoms with Crippen molar-refractivity contribution in [3.8, 4) is 11.6 Å². The van der Waals surface area contributed by atoms with Crippen molar-refractivity contribution < 1.29 is 19.0 Å². The lowest BCUT2D eigenvalue weighted by molar-refractivity contribution is 0.0673. The highest BCUT2D eigenvalue weighted by Crippen LogP contribution is 2.20. The van der Waals surface area contributed by atoms with Crippen molar-refractivity contribution in [2.24, 2.45) is 0 Å². The predicted molar refractivity (Wildman–Crippen MR) is 95.0 cm³/mol. The van der Waals surface area contributed by atoms with Crippen LogP contribution in [0.15, 0.2) is 48.7 Å². The molecule has 2 aromatic rings. The van der Waals surface area contributed by atoms with Gasteiger partial charge in [-0.1, -0.05) is 18.2 Å². The summed E-state index contributed by atoms with van der Waals surface area (Å²) < 4.78 is 15.9. The Labute approximate surface area is 148 Å². The normalized spacial score (nSPS) is 10.5. The number of ether oxygens (including phenoxy) is 3. The molecule has 0 saturated heterocycles. The van der Waals surface area contributed by atoms with Crippen molar-refractivity contribution in [1.29, 1.82) is 0 Å². The van der Waals surface area contributed by atoms with Crippen LogP contribution >= 0.6 is 0 Å². The fraction of sp³-hybridized carbons (Fsp3) is 0.368. The summed E-state index contributed by atoms with van der Waals surface area (Å²) in [4.78, 5) is 18.7. The van der Waals surface area contributed by atoms with Crippen LogP contribution in [0.25, 0.3) is 0 Å². The molecule has 0 fully saturated rings. The zero-order valence-corrected chi connectivity index (χ0v) is 14.7. The summed E-state index contributed by atoms with van der Waals surface area (Å²) >= 11 is 0. The van der Waals surface area contributed by atoms with Gasteiger partial charge >= 0.3 is 0 Å². The van der Waals surface area contributed by atoms with E-state index in [2.05, 4.69) is 4.98 Å². The maximum atomic E-state index is 12.8. The number of carbonyl (C=O) groups excluding carboxylic acids is 1. The van der Waals surface area contributed by atoms with Crippen LogP contribution in [0.4, 0.5) is 0 Å². The molecule has 1 aromatic heterocycles. The van der Waals surface area contributed by atoms with E-state index in [4.69, 9.17) is 14.2 Å². The molecule has 6 nitrogen and oxygen atoms in total. The zero-order valence-electron chi connectivity index (χ0n) is 14.7. The van der Waals surface area contributed by atoms with Gasteiger partial charge in [0.25, 0.3) is 5.91 Å². The van der Waals surface area contributed by atoms with Crippen LogP contribution in [-0.2, 0) is 9.47 Å². The molecule has 0 aliphatic heterocycles. The van der Waals surface area contributed by atoms with Crippen LogP contribution in [0.1, 0.15) is 16.8 Å². The summed E-state index contributed by atoms with van der Waals surface area (Å²) in [6.07, 6.45) is 2.35. The van der Waals surface area contributed by atoms with Crippen molar-refractivity contribution in [3.05, 3.63) is 54.2 Å². The molecule has 134 valence electrons. The van der Waals surface area contributed by atoms with Gasteiger partial charge in [0, 0.05) is 51.7 Å². The van der Waals surface area contributed by atoms with E-state index in [1.807, 2.05) is 30.3 Å². The molecule has 0 bridgehead atoms. The minimum Gasteiger partial charge on any atom is -0.439 e. The van der Waals surface area contributed by atoms with Gasteiger partial charge < -0.3 is 19.1 Å². The lowest BCUT2D eigenvalue weighted by Gasteiger charge is -2.22. The highest BCUT2D eigenvalue weighted by molar-refractivity contribution is 5.94. The van der Waals surface area contributed by atoms with E-state index in [1.165, 1.54) is 0 Å². The minimum atomic E-state index is -0.0755. The Kier molecular flexibility index (Phi) is 7.88. The molecule has 25 heavy (non-hydrogen) atoms. The van der Waals surface area contributed by atoms with Gasteiger partial charge in [-0.3, -0.25) is 4.79 Å². The van der Waals surface area contributed by atoms with Crippen LogP contribution in [0.2, 0.25) is 0 Å². The molecule has 1 aromatic carbocycles. The maximum absolute atomic E-state index is 12.8. The van der Waals surface area contributed by atoms with Gasteiger partial charge in [0.2, 0.25) is 5.88 Å².